The van der Waals surface area contributed by atoms with Gasteiger partial charge >= 0.3 is 0 Å². The molecule has 17 heavy (non-hydrogen) atoms. The minimum Gasteiger partial charge on any atom is -0.288 e. The first-order valence-electron chi connectivity index (χ1n) is 4.75. The molecule has 0 aliphatic carbocycles. The van der Waals surface area contributed by atoms with Gasteiger partial charge in [0.1, 0.15) is 0 Å². The molecule has 5 heteroatoms. The van der Waals surface area contributed by atoms with Gasteiger partial charge in [0.25, 0.3) is 0 Å². The predicted molar refractivity (Wildman–Crippen MR) is 66.5 cm³/mol. The van der Waals surface area contributed by atoms with E-state index in [9.17, 15) is 13.6 Å². The van der Waals surface area contributed by atoms with Crippen molar-refractivity contribution in [2.24, 2.45) is 0 Å². The van der Waals surface area contributed by atoms with Crippen molar-refractivity contribution >= 4 is 33.0 Å². The predicted octanol–water partition coefficient (Wildman–Crippen LogP) is 4.33. The van der Waals surface area contributed by atoms with E-state index < -0.39 is 17.4 Å². The van der Waals surface area contributed by atoms with Crippen LogP contribution in [0.2, 0.25) is 0 Å². The van der Waals surface area contributed by atoms with Gasteiger partial charge in [-0.05, 0) is 46.6 Å². The molecule has 0 saturated heterocycles. The zero-order chi connectivity index (χ0) is 12.6. The highest BCUT2D eigenvalue weighted by Crippen LogP contribution is 2.26. The molecule has 0 fully saturated rings. The number of carbonyl (C=O) groups is 1. The van der Waals surface area contributed by atoms with Crippen LogP contribution in [0.3, 0.4) is 0 Å². The third-order valence-corrected chi connectivity index (χ3v) is 3.94. The van der Waals surface area contributed by atoms with E-state index in [2.05, 4.69) is 15.9 Å². The summed E-state index contributed by atoms with van der Waals surface area (Å²) in [6.07, 6.45) is 0. The van der Waals surface area contributed by atoms with E-state index in [1.165, 1.54) is 30.4 Å². The second-order valence-electron chi connectivity index (χ2n) is 3.49. The first-order chi connectivity index (χ1) is 8.00. The summed E-state index contributed by atoms with van der Waals surface area (Å²) >= 11 is 4.40. The Morgan fingerprint density at radius 1 is 1.18 bits per heavy atom. The molecule has 0 aliphatic rings. The molecule has 1 heterocycles. The van der Waals surface area contributed by atoms with Gasteiger partial charge in [0.2, 0.25) is 5.78 Å². The van der Waals surface area contributed by atoms with Crippen LogP contribution >= 0.6 is 27.3 Å². The lowest BCUT2D eigenvalue weighted by atomic mass is 10.1. The molecule has 2 rings (SSSR count). The largest absolute Gasteiger partial charge is 0.288 e. The highest BCUT2D eigenvalue weighted by Gasteiger charge is 2.19. The van der Waals surface area contributed by atoms with Gasteiger partial charge in [0.15, 0.2) is 11.6 Å². The highest BCUT2D eigenvalue weighted by molar-refractivity contribution is 9.11. The lowest BCUT2D eigenvalue weighted by molar-refractivity contribution is 0.103. The molecule has 0 saturated carbocycles. The third-order valence-electron chi connectivity index (χ3n) is 2.32. The van der Waals surface area contributed by atoms with E-state index in [1.807, 2.05) is 0 Å². The van der Waals surface area contributed by atoms with Crippen molar-refractivity contribution in [1.29, 1.82) is 0 Å². The standard InChI is InChI=1S/C12H7BrF2OS/c1-6-2-3-7(11(15)10(6)14)12(16)8-4-5-9(13)17-8/h2-5H,1H3. The molecule has 1 nitrogen and oxygen atoms in total. The summed E-state index contributed by atoms with van der Waals surface area (Å²) in [5, 5.41) is 0. The molecular formula is C12H7BrF2OS. The Morgan fingerprint density at radius 3 is 2.47 bits per heavy atom. The van der Waals surface area contributed by atoms with Crippen molar-refractivity contribution in [3.8, 4) is 0 Å². The summed E-state index contributed by atoms with van der Waals surface area (Å²) in [6, 6.07) is 5.98. The number of thiophene rings is 1. The maximum Gasteiger partial charge on any atom is 0.206 e. The lowest BCUT2D eigenvalue weighted by Crippen LogP contribution is -2.05. The number of hydrogen-bond acceptors (Lipinski definition) is 2. The molecule has 0 spiro atoms. The Labute approximate surface area is 109 Å². The van der Waals surface area contributed by atoms with Gasteiger partial charge in [0, 0.05) is 0 Å². The molecular weight excluding hydrogens is 310 g/mol. The van der Waals surface area contributed by atoms with E-state index in [-0.39, 0.29) is 11.1 Å². The van der Waals surface area contributed by atoms with Gasteiger partial charge in [0.05, 0.1) is 14.2 Å². The average molecular weight is 317 g/mol. The molecule has 0 unspecified atom stereocenters. The zero-order valence-electron chi connectivity index (χ0n) is 8.76. The van der Waals surface area contributed by atoms with Crippen LogP contribution in [0.5, 0.6) is 0 Å². The molecule has 2 aromatic rings. The van der Waals surface area contributed by atoms with Gasteiger partial charge in [-0.3, -0.25) is 4.79 Å². The maximum absolute atomic E-state index is 13.6. The SMILES string of the molecule is Cc1ccc(C(=O)c2ccc(Br)s2)c(F)c1F. The molecule has 0 aliphatic heterocycles. The number of benzene rings is 1. The van der Waals surface area contributed by atoms with Crippen molar-refractivity contribution in [3.05, 3.63) is 55.7 Å². The highest BCUT2D eigenvalue weighted by atomic mass is 79.9. The van der Waals surface area contributed by atoms with Crippen LogP contribution in [-0.4, -0.2) is 5.78 Å². The van der Waals surface area contributed by atoms with Crippen LogP contribution < -0.4 is 0 Å². The number of carbonyl (C=O) groups excluding carboxylic acids is 1. The third kappa shape index (κ3) is 2.30. The van der Waals surface area contributed by atoms with Gasteiger partial charge in [-0.15, -0.1) is 11.3 Å². The van der Waals surface area contributed by atoms with Crippen LogP contribution in [0.1, 0.15) is 20.8 Å². The van der Waals surface area contributed by atoms with Gasteiger partial charge in [-0.1, -0.05) is 6.07 Å². The molecule has 1 aromatic heterocycles. The van der Waals surface area contributed by atoms with Crippen LogP contribution in [0.15, 0.2) is 28.1 Å². The summed E-state index contributed by atoms with van der Waals surface area (Å²) in [5.41, 5.74) is -0.0474. The van der Waals surface area contributed by atoms with Crippen LogP contribution in [0.25, 0.3) is 0 Å². The second-order valence-corrected chi connectivity index (χ2v) is 5.95. The van der Waals surface area contributed by atoms with Crippen LogP contribution in [0.4, 0.5) is 8.78 Å². The Hall–Kier alpha value is -1.07. The molecule has 0 atom stereocenters. The Bertz CT molecular complexity index is 592. The summed E-state index contributed by atoms with van der Waals surface area (Å²) in [6.45, 7) is 1.45. The molecule has 0 N–H and O–H groups in total. The summed E-state index contributed by atoms with van der Waals surface area (Å²) in [4.78, 5) is 12.3. The van der Waals surface area contributed by atoms with Crippen LogP contribution in [-0.2, 0) is 0 Å². The van der Waals surface area contributed by atoms with Crippen molar-refractivity contribution < 1.29 is 13.6 Å². The Morgan fingerprint density at radius 2 is 1.88 bits per heavy atom. The van der Waals surface area contributed by atoms with Crippen molar-refractivity contribution in [2.75, 3.05) is 0 Å². The number of hydrogen-bond donors (Lipinski definition) is 0. The Balaban J connectivity index is 2.48. The van der Waals surface area contributed by atoms with Gasteiger partial charge in [-0.25, -0.2) is 8.78 Å². The van der Waals surface area contributed by atoms with Crippen molar-refractivity contribution in [3.63, 3.8) is 0 Å². The number of halogens is 3. The minimum atomic E-state index is -1.08. The molecule has 88 valence electrons. The van der Waals surface area contributed by atoms with E-state index in [1.54, 1.807) is 12.1 Å². The second kappa shape index (κ2) is 4.66. The number of ketones is 1. The van der Waals surface area contributed by atoms with Crippen molar-refractivity contribution in [2.45, 2.75) is 6.92 Å². The fraction of sp³-hybridized carbons (Fsp3) is 0.0833. The maximum atomic E-state index is 13.6. The topological polar surface area (TPSA) is 17.1 Å². The summed E-state index contributed by atoms with van der Waals surface area (Å²) in [5.74, 6) is -2.55. The van der Waals surface area contributed by atoms with E-state index in [4.69, 9.17) is 0 Å². The summed E-state index contributed by atoms with van der Waals surface area (Å²) in [7, 11) is 0. The Kier molecular flexibility index (Phi) is 3.40. The van der Waals surface area contributed by atoms with E-state index in [0.717, 1.165) is 3.79 Å². The van der Waals surface area contributed by atoms with E-state index >= 15 is 0 Å². The first-order valence-corrected chi connectivity index (χ1v) is 6.36. The monoisotopic (exact) mass is 316 g/mol. The average Bonchev–Trinajstić information content (AvgIpc) is 2.72. The van der Waals surface area contributed by atoms with E-state index in [0.29, 0.717) is 4.88 Å². The normalized spacial score (nSPS) is 10.6. The fourth-order valence-electron chi connectivity index (χ4n) is 1.39. The molecule has 1 aromatic carbocycles. The zero-order valence-corrected chi connectivity index (χ0v) is 11.2. The van der Waals surface area contributed by atoms with Crippen LogP contribution in [0, 0.1) is 18.6 Å². The van der Waals surface area contributed by atoms with Crippen molar-refractivity contribution in [1.82, 2.24) is 0 Å². The number of rotatable bonds is 2. The minimum absolute atomic E-state index is 0.186. The lowest BCUT2D eigenvalue weighted by Gasteiger charge is -2.03. The van der Waals surface area contributed by atoms with Gasteiger partial charge < -0.3 is 0 Å². The molecule has 0 radical (unpaired) electrons. The molecule has 0 bridgehead atoms. The van der Waals surface area contributed by atoms with Gasteiger partial charge in [-0.2, -0.15) is 0 Å². The fourth-order valence-corrected chi connectivity index (χ4v) is 2.73. The summed E-state index contributed by atoms with van der Waals surface area (Å²) < 4.78 is 27.7. The molecule has 0 amide bonds. The first kappa shape index (κ1) is 12.4. The number of aryl methyl sites for hydroxylation is 1. The quantitative estimate of drug-likeness (QED) is 0.754. The smallest absolute Gasteiger partial charge is 0.206 e.